The van der Waals surface area contributed by atoms with Gasteiger partial charge in [-0.1, -0.05) is 12.1 Å². The molecular weight excluding hydrogens is 183 g/mol. The van der Waals surface area contributed by atoms with E-state index in [9.17, 15) is 9.50 Å². The number of hydrogen-bond donors (Lipinski definition) is 1. The molecule has 0 aliphatic carbocycles. The Kier molecular flexibility index (Phi) is 4.04. The average molecular weight is 198 g/mol. The van der Waals surface area contributed by atoms with E-state index in [1.165, 1.54) is 12.1 Å². The molecule has 2 nitrogen and oxygen atoms in total. The van der Waals surface area contributed by atoms with Gasteiger partial charge in [-0.25, -0.2) is 4.39 Å². The van der Waals surface area contributed by atoms with Crippen molar-refractivity contribution in [3.05, 3.63) is 35.6 Å². The Bertz CT molecular complexity index is 271. The third kappa shape index (κ3) is 3.09. The lowest BCUT2D eigenvalue weighted by Gasteiger charge is -2.17. The number of halogens is 1. The van der Waals surface area contributed by atoms with Crippen LogP contribution in [0.5, 0.6) is 0 Å². The van der Waals surface area contributed by atoms with Gasteiger partial charge in [0.05, 0.1) is 12.2 Å². The quantitative estimate of drug-likeness (QED) is 0.798. The largest absolute Gasteiger partial charge is 0.390 e. The molecule has 0 fully saturated rings. The predicted octanol–water partition coefficient (Wildman–Crippen LogP) is 1.76. The van der Waals surface area contributed by atoms with Crippen LogP contribution in [0.3, 0.4) is 0 Å². The molecule has 3 heteroatoms. The minimum Gasteiger partial charge on any atom is -0.390 e. The van der Waals surface area contributed by atoms with Crippen molar-refractivity contribution in [3.63, 3.8) is 0 Å². The normalized spacial score (nSPS) is 15.1. The van der Waals surface area contributed by atoms with Crippen LogP contribution in [-0.2, 0) is 11.2 Å². The van der Waals surface area contributed by atoms with Crippen molar-refractivity contribution < 1.29 is 14.2 Å². The Morgan fingerprint density at radius 1 is 1.36 bits per heavy atom. The highest BCUT2D eigenvalue weighted by atomic mass is 19.1. The van der Waals surface area contributed by atoms with E-state index < -0.39 is 6.10 Å². The van der Waals surface area contributed by atoms with Crippen LogP contribution in [-0.4, -0.2) is 24.4 Å². The van der Waals surface area contributed by atoms with Crippen LogP contribution in [0.2, 0.25) is 0 Å². The summed E-state index contributed by atoms with van der Waals surface area (Å²) < 4.78 is 17.5. The molecule has 0 radical (unpaired) electrons. The SMILES string of the molecule is COC(C)C(O)Cc1ccc(F)cc1. The van der Waals surface area contributed by atoms with E-state index in [1.54, 1.807) is 26.2 Å². The summed E-state index contributed by atoms with van der Waals surface area (Å²) in [5.74, 6) is -0.261. The third-order valence-electron chi connectivity index (χ3n) is 2.27. The second-order valence-corrected chi connectivity index (χ2v) is 3.34. The maximum Gasteiger partial charge on any atom is 0.123 e. The third-order valence-corrected chi connectivity index (χ3v) is 2.27. The molecule has 1 N–H and O–H groups in total. The average Bonchev–Trinajstić information content (AvgIpc) is 2.20. The minimum absolute atomic E-state index is 0.208. The van der Waals surface area contributed by atoms with Gasteiger partial charge < -0.3 is 9.84 Å². The van der Waals surface area contributed by atoms with Gasteiger partial charge in [0.1, 0.15) is 5.82 Å². The Labute approximate surface area is 83.3 Å². The summed E-state index contributed by atoms with van der Waals surface area (Å²) >= 11 is 0. The molecule has 0 bridgehead atoms. The molecule has 2 atom stereocenters. The first-order valence-electron chi connectivity index (χ1n) is 4.58. The fourth-order valence-corrected chi connectivity index (χ4v) is 1.19. The molecule has 0 aromatic heterocycles. The molecule has 1 aromatic carbocycles. The maximum absolute atomic E-state index is 12.6. The molecule has 2 unspecified atom stereocenters. The number of methoxy groups -OCH3 is 1. The van der Waals surface area contributed by atoms with E-state index in [4.69, 9.17) is 4.74 Å². The standard InChI is InChI=1S/C11H15FO2/c1-8(14-2)11(13)7-9-3-5-10(12)6-4-9/h3-6,8,11,13H,7H2,1-2H3. The van der Waals surface area contributed by atoms with E-state index in [-0.39, 0.29) is 11.9 Å². The van der Waals surface area contributed by atoms with Crippen LogP contribution < -0.4 is 0 Å². The van der Waals surface area contributed by atoms with Crippen LogP contribution in [0.1, 0.15) is 12.5 Å². The van der Waals surface area contributed by atoms with E-state index in [0.29, 0.717) is 6.42 Å². The van der Waals surface area contributed by atoms with Gasteiger partial charge in [0, 0.05) is 13.5 Å². The van der Waals surface area contributed by atoms with Crippen molar-refractivity contribution in [2.24, 2.45) is 0 Å². The number of ether oxygens (including phenoxy) is 1. The number of aliphatic hydroxyl groups is 1. The fraction of sp³-hybridized carbons (Fsp3) is 0.455. The summed E-state index contributed by atoms with van der Waals surface area (Å²) in [5, 5.41) is 9.62. The number of hydrogen-bond acceptors (Lipinski definition) is 2. The summed E-state index contributed by atoms with van der Waals surface area (Å²) in [5.41, 5.74) is 0.905. The molecule has 78 valence electrons. The van der Waals surface area contributed by atoms with Gasteiger partial charge in [0.25, 0.3) is 0 Å². The number of benzene rings is 1. The topological polar surface area (TPSA) is 29.5 Å². The van der Waals surface area contributed by atoms with E-state index >= 15 is 0 Å². The summed E-state index contributed by atoms with van der Waals surface area (Å²) in [6.07, 6.45) is -0.277. The number of rotatable bonds is 4. The second kappa shape index (κ2) is 5.08. The van der Waals surface area contributed by atoms with Gasteiger partial charge in [-0.05, 0) is 24.6 Å². The minimum atomic E-state index is -0.550. The van der Waals surface area contributed by atoms with Gasteiger partial charge in [-0.15, -0.1) is 0 Å². The Morgan fingerprint density at radius 3 is 2.43 bits per heavy atom. The summed E-state index contributed by atoms with van der Waals surface area (Å²) in [7, 11) is 1.55. The van der Waals surface area contributed by atoms with E-state index in [1.807, 2.05) is 0 Å². The summed E-state index contributed by atoms with van der Waals surface area (Å²) in [6.45, 7) is 1.80. The first kappa shape index (κ1) is 11.1. The van der Waals surface area contributed by atoms with Crippen LogP contribution >= 0.6 is 0 Å². The molecule has 1 rings (SSSR count). The molecule has 0 aliphatic rings. The van der Waals surface area contributed by atoms with Gasteiger partial charge in [0.2, 0.25) is 0 Å². The van der Waals surface area contributed by atoms with Crippen LogP contribution in [0.25, 0.3) is 0 Å². The van der Waals surface area contributed by atoms with Crippen molar-refractivity contribution in [1.82, 2.24) is 0 Å². The van der Waals surface area contributed by atoms with Gasteiger partial charge in [-0.2, -0.15) is 0 Å². The first-order chi connectivity index (χ1) is 6.63. The highest BCUT2D eigenvalue weighted by Gasteiger charge is 2.13. The predicted molar refractivity (Wildman–Crippen MR) is 52.6 cm³/mol. The lowest BCUT2D eigenvalue weighted by Crippen LogP contribution is -2.26. The van der Waals surface area contributed by atoms with Gasteiger partial charge >= 0.3 is 0 Å². The summed E-state index contributed by atoms with van der Waals surface area (Å²) in [6, 6.07) is 6.11. The zero-order valence-electron chi connectivity index (χ0n) is 8.40. The monoisotopic (exact) mass is 198 g/mol. The molecule has 0 spiro atoms. The van der Waals surface area contributed by atoms with E-state index in [0.717, 1.165) is 5.56 Å². The Balaban J connectivity index is 2.56. The molecule has 0 saturated heterocycles. The second-order valence-electron chi connectivity index (χ2n) is 3.34. The molecule has 0 amide bonds. The lowest BCUT2D eigenvalue weighted by molar-refractivity contribution is 0.000401. The molecule has 14 heavy (non-hydrogen) atoms. The Hall–Kier alpha value is -0.930. The molecule has 0 saturated carbocycles. The summed E-state index contributed by atoms with van der Waals surface area (Å²) in [4.78, 5) is 0. The van der Waals surface area contributed by atoms with Crippen molar-refractivity contribution >= 4 is 0 Å². The molecular formula is C11H15FO2. The maximum atomic E-state index is 12.6. The van der Waals surface area contributed by atoms with Crippen molar-refractivity contribution in [2.45, 2.75) is 25.6 Å². The van der Waals surface area contributed by atoms with Gasteiger partial charge in [0.15, 0.2) is 0 Å². The van der Waals surface area contributed by atoms with Crippen molar-refractivity contribution in [2.75, 3.05) is 7.11 Å². The molecule has 0 heterocycles. The van der Waals surface area contributed by atoms with Crippen molar-refractivity contribution in [3.8, 4) is 0 Å². The van der Waals surface area contributed by atoms with Crippen LogP contribution in [0.15, 0.2) is 24.3 Å². The van der Waals surface area contributed by atoms with Crippen LogP contribution in [0.4, 0.5) is 4.39 Å². The van der Waals surface area contributed by atoms with Gasteiger partial charge in [-0.3, -0.25) is 0 Å². The van der Waals surface area contributed by atoms with E-state index in [2.05, 4.69) is 0 Å². The zero-order valence-corrected chi connectivity index (χ0v) is 8.40. The Morgan fingerprint density at radius 2 is 1.93 bits per heavy atom. The highest BCUT2D eigenvalue weighted by molar-refractivity contribution is 5.16. The smallest absolute Gasteiger partial charge is 0.123 e. The number of aliphatic hydroxyl groups excluding tert-OH is 1. The fourth-order valence-electron chi connectivity index (χ4n) is 1.19. The highest BCUT2D eigenvalue weighted by Crippen LogP contribution is 2.08. The molecule has 0 aliphatic heterocycles. The van der Waals surface area contributed by atoms with Crippen molar-refractivity contribution in [1.29, 1.82) is 0 Å². The van der Waals surface area contributed by atoms with Crippen LogP contribution in [0, 0.1) is 5.82 Å². The zero-order chi connectivity index (χ0) is 10.6. The molecule has 1 aromatic rings. The first-order valence-corrected chi connectivity index (χ1v) is 4.58. The lowest BCUT2D eigenvalue weighted by atomic mass is 10.0.